The van der Waals surface area contributed by atoms with Gasteiger partial charge in [-0.05, 0) is 29.5 Å². The molecule has 1 N–H and O–H groups in total. The van der Waals surface area contributed by atoms with E-state index in [1.54, 1.807) is 27.4 Å². The van der Waals surface area contributed by atoms with E-state index in [4.69, 9.17) is 23.7 Å². The van der Waals surface area contributed by atoms with Gasteiger partial charge < -0.3 is 29.0 Å². The van der Waals surface area contributed by atoms with Crippen molar-refractivity contribution in [1.82, 2.24) is 0 Å². The number of benzene rings is 2. The summed E-state index contributed by atoms with van der Waals surface area (Å²) in [6.07, 6.45) is 1.26. The molecule has 0 amide bonds. The molecular formula is C25H27NO6. The number of carbonyl (C=O) groups is 1. The van der Waals surface area contributed by atoms with Crippen LogP contribution in [0.25, 0.3) is 0 Å². The summed E-state index contributed by atoms with van der Waals surface area (Å²) in [7, 11) is 4.81. The van der Waals surface area contributed by atoms with Crippen LogP contribution in [0.5, 0.6) is 28.7 Å². The third-order valence-electron chi connectivity index (χ3n) is 6.40. The highest BCUT2D eigenvalue weighted by Crippen LogP contribution is 2.54. The minimum absolute atomic E-state index is 0.122. The quantitative estimate of drug-likeness (QED) is 0.747. The molecule has 0 radical (unpaired) electrons. The van der Waals surface area contributed by atoms with Crippen LogP contribution < -0.4 is 29.0 Å². The predicted octanol–water partition coefficient (Wildman–Crippen LogP) is 4.64. The van der Waals surface area contributed by atoms with Crippen molar-refractivity contribution in [1.29, 1.82) is 0 Å². The Bertz CT molecular complexity index is 1150. The highest BCUT2D eigenvalue weighted by molar-refractivity contribution is 6.02. The molecule has 0 bridgehead atoms. The van der Waals surface area contributed by atoms with E-state index in [1.807, 2.05) is 18.2 Å². The fourth-order valence-electron chi connectivity index (χ4n) is 5.01. The third kappa shape index (κ3) is 3.15. The number of hydrogen-bond donors (Lipinski definition) is 1. The Labute approximate surface area is 187 Å². The molecule has 2 aromatic carbocycles. The van der Waals surface area contributed by atoms with Gasteiger partial charge in [0.25, 0.3) is 0 Å². The third-order valence-corrected chi connectivity index (χ3v) is 6.40. The number of carbonyl (C=O) groups excluding carboxylic acids is 1. The van der Waals surface area contributed by atoms with Gasteiger partial charge in [0.05, 0.1) is 21.3 Å². The molecule has 1 aliphatic carbocycles. The first-order chi connectivity index (χ1) is 15.3. The number of Topliss-reactive ketones (excluding diaryl/α,β-unsaturated/α-hetero) is 1. The van der Waals surface area contributed by atoms with E-state index in [1.165, 1.54) is 0 Å². The number of fused-ring (bicyclic) bond motifs is 2. The van der Waals surface area contributed by atoms with Crippen LogP contribution in [0, 0.1) is 5.41 Å². The molecule has 0 aromatic heterocycles. The summed E-state index contributed by atoms with van der Waals surface area (Å²) in [4.78, 5) is 13.5. The molecule has 2 aliphatic heterocycles. The topological polar surface area (TPSA) is 75.3 Å². The molecule has 0 spiro atoms. The predicted molar refractivity (Wildman–Crippen MR) is 119 cm³/mol. The normalized spacial score (nSPS) is 20.3. The second-order valence-corrected chi connectivity index (χ2v) is 9.13. The lowest BCUT2D eigenvalue weighted by molar-refractivity contribution is -0.118. The van der Waals surface area contributed by atoms with Crippen LogP contribution in [-0.2, 0) is 4.79 Å². The SMILES string of the molecule is COc1cc(OC)c([C@H]2C3=C(CC(C)(C)CC3=O)Nc3cc4c(cc32)OCO4)cc1OC. The van der Waals surface area contributed by atoms with Gasteiger partial charge in [0.2, 0.25) is 6.79 Å². The van der Waals surface area contributed by atoms with Gasteiger partial charge in [-0.2, -0.15) is 0 Å². The number of hydrogen-bond acceptors (Lipinski definition) is 7. The van der Waals surface area contributed by atoms with Gasteiger partial charge in [0.15, 0.2) is 28.8 Å². The van der Waals surface area contributed by atoms with Crippen LogP contribution in [0.15, 0.2) is 35.5 Å². The summed E-state index contributed by atoms with van der Waals surface area (Å²) < 4.78 is 28.1. The van der Waals surface area contributed by atoms with Gasteiger partial charge in [-0.15, -0.1) is 0 Å². The summed E-state index contributed by atoms with van der Waals surface area (Å²) >= 11 is 0. The second kappa shape index (κ2) is 7.36. The molecule has 3 aliphatic rings. The van der Waals surface area contributed by atoms with E-state index < -0.39 is 0 Å². The summed E-state index contributed by atoms with van der Waals surface area (Å²) in [5, 5.41) is 3.53. The number of allylic oxidation sites excluding steroid dienone is 2. The zero-order chi connectivity index (χ0) is 22.6. The maximum absolute atomic E-state index is 13.5. The first-order valence-corrected chi connectivity index (χ1v) is 10.6. The lowest BCUT2D eigenvalue weighted by atomic mass is 9.68. The zero-order valence-electron chi connectivity index (χ0n) is 19.0. The van der Waals surface area contributed by atoms with E-state index in [-0.39, 0.29) is 23.9 Å². The van der Waals surface area contributed by atoms with Crippen LogP contribution in [0.1, 0.15) is 43.7 Å². The number of ketones is 1. The van der Waals surface area contributed by atoms with Gasteiger partial charge in [-0.1, -0.05) is 13.8 Å². The average Bonchev–Trinajstić information content (AvgIpc) is 3.21. The Balaban J connectivity index is 1.78. The second-order valence-electron chi connectivity index (χ2n) is 9.13. The van der Waals surface area contributed by atoms with Crippen LogP contribution >= 0.6 is 0 Å². The number of nitrogens with one attached hydrogen (secondary N) is 1. The van der Waals surface area contributed by atoms with Crippen molar-refractivity contribution >= 4 is 11.5 Å². The minimum Gasteiger partial charge on any atom is -0.496 e. The van der Waals surface area contributed by atoms with Crippen molar-refractivity contribution in [3.05, 3.63) is 46.7 Å². The Morgan fingerprint density at radius 3 is 2.22 bits per heavy atom. The minimum atomic E-state index is -0.339. The molecular weight excluding hydrogens is 410 g/mol. The van der Waals surface area contributed by atoms with Crippen molar-refractivity contribution in [2.24, 2.45) is 5.41 Å². The van der Waals surface area contributed by atoms with E-state index >= 15 is 0 Å². The van der Waals surface area contributed by atoms with Crippen LogP contribution in [0.3, 0.4) is 0 Å². The molecule has 7 nitrogen and oxygen atoms in total. The lowest BCUT2D eigenvalue weighted by Gasteiger charge is -2.39. The van der Waals surface area contributed by atoms with Crippen LogP contribution in [0.2, 0.25) is 0 Å². The smallest absolute Gasteiger partial charge is 0.231 e. The fourth-order valence-corrected chi connectivity index (χ4v) is 5.01. The molecule has 2 heterocycles. The first-order valence-electron chi connectivity index (χ1n) is 10.6. The number of ether oxygens (including phenoxy) is 5. The monoisotopic (exact) mass is 437 g/mol. The maximum Gasteiger partial charge on any atom is 0.231 e. The van der Waals surface area contributed by atoms with Crippen molar-refractivity contribution in [3.63, 3.8) is 0 Å². The van der Waals surface area contributed by atoms with Crippen molar-refractivity contribution < 1.29 is 28.5 Å². The summed E-state index contributed by atoms with van der Waals surface area (Å²) in [6.45, 7) is 4.43. The molecule has 2 aromatic rings. The molecule has 1 atom stereocenters. The van der Waals surface area contributed by atoms with Gasteiger partial charge in [-0.25, -0.2) is 0 Å². The van der Waals surface area contributed by atoms with Crippen molar-refractivity contribution in [2.45, 2.75) is 32.6 Å². The molecule has 0 saturated carbocycles. The van der Waals surface area contributed by atoms with Gasteiger partial charge in [0.1, 0.15) is 5.75 Å². The van der Waals surface area contributed by atoms with E-state index in [0.717, 1.165) is 34.5 Å². The van der Waals surface area contributed by atoms with E-state index in [0.29, 0.717) is 35.2 Å². The van der Waals surface area contributed by atoms with Crippen molar-refractivity contribution in [3.8, 4) is 28.7 Å². The van der Waals surface area contributed by atoms with E-state index in [9.17, 15) is 4.79 Å². The number of methoxy groups -OCH3 is 3. The Hall–Kier alpha value is -3.35. The molecule has 0 saturated heterocycles. The summed E-state index contributed by atoms with van der Waals surface area (Å²) in [5.74, 6) is 2.93. The Morgan fingerprint density at radius 1 is 0.875 bits per heavy atom. The Morgan fingerprint density at radius 2 is 1.53 bits per heavy atom. The number of rotatable bonds is 4. The maximum atomic E-state index is 13.5. The fraction of sp³-hybridized carbons (Fsp3) is 0.400. The highest BCUT2D eigenvalue weighted by atomic mass is 16.7. The Kier molecular flexibility index (Phi) is 4.73. The summed E-state index contributed by atoms with van der Waals surface area (Å²) in [6, 6.07) is 7.62. The van der Waals surface area contributed by atoms with Crippen LogP contribution in [-0.4, -0.2) is 33.9 Å². The molecule has 0 unspecified atom stereocenters. The van der Waals surface area contributed by atoms with Crippen LogP contribution in [0.4, 0.5) is 5.69 Å². The number of anilines is 1. The average molecular weight is 437 g/mol. The van der Waals surface area contributed by atoms with Gasteiger partial charge >= 0.3 is 0 Å². The summed E-state index contributed by atoms with van der Waals surface area (Å²) in [5.41, 5.74) is 4.27. The molecule has 0 fully saturated rings. The first kappa shape index (κ1) is 20.5. The molecule has 5 rings (SSSR count). The molecule has 168 valence electrons. The standard InChI is InChI=1S/C25H27NO6/c1-25(2)10-16-24(17(27)11-25)23(13-6-21-22(32-12-31-21)8-15(13)26-16)14-7-19(29-4)20(30-5)9-18(14)28-3/h6-9,23,26H,10-12H2,1-5H3/t23-/m0/s1. The molecule has 7 heteroatoms. The van der Waals surface area contributed by atoms with E-state index in [2.05, 4.69) is 19.2 Å². The van der Waals surface area contributed by atoms with Gasteiger partial charge in [-0.3, -0.25) is 4.79 Å². The zero-order valence-corrected chi connectivity index (χ0v) is 19.0. The lowest BCUT2D eigenvalue weighted by Crippen LogP contribution is -2.33. The van der Waals surface area contributed by atoms with Crippen molar-refractivity contribution in [2.75, 3.05) is 33.4 Å². The molecule has 32 heavy (non-hydrogen) atoms. The van der Waals surface area contributed by atoms with Gasteiger partial charge in [0, 0.05) is 47.0 Å². The largest absolute Gasteiger partial charge is 0.496 e. The highest BCUT2D eigenvalue weighted by Gasteiger charge is 2.42.